The molecule has 3 atom stereocenters. The van der Waals surface area contributed by atoms with Crippen molar-refractivity contribution >= 4 is 21.9 Å². The maximum absolute atomic E-state index is 12.9. The zero-order valence-electron chi connectivity index (χ0n) is 16.6. The molecule has 1 saturated heterocycles. The fourth-order valence-corrected chi connectivity index (χ4v) is 4.99. The molecule has 0 bridgehead atoms. The molecule has 1 heterocycles. The number of sulfonamides is 1. The molecule has 154 valence electrons. The predicted molar refractivity (Wildman–Crippen MR) is 106 cm³/mol. The molecular weight excluding hydrogens is 380 g/mol. The van der Waals surface area contributed by atoms with Crippen molar-refractivity contribution in [3.63, 3.8) is 0 Å². The second-order valence-corrected chi connectivity index (χ2v) is 9.31. The number of amides is 1. The van der Waals surface area contributed by atoms with E-state index in [4.69, 9.17) is 4.74 Å². The van der Waals surface area contributed by atoms with Gasteiger partial charge in [-0.2, -0.15) is 4.31 Å². The maximum atomic E-state index is 12.9. The number of benzene rings is 1. The second-order valence-electron chi connectivity index (χ2n) is 7.37. The fourth-order valence-electron chi connectivity index (χ4n) is 3.31. The Morgan fingerprint density at radius 3 is 2.36 bits per heavy atom. The van der Waals surface area contributed by atoms with Crippen LogP contribution in [0.4, 0.5) is 0 Å². The van der Waals surface area contributed by atoms with E-state index < -0.39 is 28.0 Å². The summed E-state index contributed by atoms with van der Waals surface area (Å²) in [7, 11) is -3.61. The van der Waals surface area contributed by atoms with Gasteiger partial charge in [-0.3, -0.25) is 4.79 Å². The summed E-state index contributed by atoms with van der Waals surface area (Å²) in [6, 6.07) is 5.61. The molecule has 1 aromatic rings. The lowest BCUT2D eigenvalue weighted by Crippen LogP contribution is -2.42. The van der Waals surface area contributed by atoms with Gasteiger partial charge in [-0.05, 0) is 49.4 Å². The highest BCUT2D eigenvalue weighted by atomic mass is 32.2. The molecular formula is C20H28N2O5S. The number of rotatable bonds is 7. The molecule has 7 nitrogen and oxygen atoms in total. The number of carbonyl (C=O) groups is 2. The molecule has 0 aromatic heterocycles. The number of piperidine rings is 1. The van der Waals surface area contributed by atoms with E-state index in [-0.39, 0.29) is 17.0 Å². The highest BCUT2D eigenvalue weighted by Crippen LogP contribution is 2.26. The quantitative estimate of drug-likeness (QED) is 0.552. The molecule has 1 aliphatic heterocycles. The van der Waals surface area contributed by atoms with Crippen LogP contribution in [-0.2, 0) is 19.6 Å². The van der Waals surface area contributed by atoms with Crippen molar-refractivity contribution in [2.45, 2.75) is 38.2 Å². The minimum atomic E-state index is -3.61. The summed E-state index contributed by atoms with van der Waals surface area (Å²) in [4.78, 5) is 24.1. The molecule has 1 N–H and O–H groups in total. The third kappa shape index (κ3) is 5.42. The Hall–Kier alpha value is -2.19. The van der Waals surface area contributed by atoms with Crippen LogP contribution in [0, 0.1) is 11.8 Å². The van der Waals surface area contributed by atoms with E-state index in [9.17, 15) is 18.0 Å². The van der Waals surface area contributed by atoms with Crippen molar-refractivity contribution in [3.05, 3.63) is 42.5 Å². The zero-order chi connectivity index (χ0) is 20.9. The molecule has 0 radical (unpaired) electrons. The summed E-state index contributed by atoms with van der Waals surface area (Å²) >= 11 is 0. The van der Waals surface area contributed by atoms with Gasteiger partial charge >= 0.3 is 5.97 Å². The normalized spacial score (nSPS) is 21.5. The Morgan fingerprint density at radius 1 is 1.25 bits per heavy atom. The van der Waals surface area contributed by atoms with Crippen molar-refractivity contribution in [2.75, 3.05) is 19.6 Å². The van der Waals surface area contributed by atoms with Gasteiger partial charge in [-0.1, -0.05) is 19.9 Å². The van der Waals surface area contributed by atoms with Crippen LogP contribution in [-0.4, -0.2) is 50.3 Å². The first-order chi connectivity index (χ1) is 13.1. The van der Waals surface area contributed by atoms with Gasteiger partial charge in [0.1, 0.15) is 0 Å². The molecule has 0 saturated carbocycles. The van der Waals surface area contributed by atoms with Crippen molar-refractivity contribution in [3.8, 4) is 0 Å². The van der Waals surface area contributed by atoms with Crippen LogP contribution in [0.15, 0.2) is 41.8 Å². The number of hydrogen-bond acceptors (Lipinski definition) is 5. The van der Waals surface area contributed by atoms with E-state index >= 15 is 0 Å². The van der Waals surface area contributed by atoms with Gasteiger partial charge in [-0.15, -0.1) is 6.58 Å². The molecule has 0 aliphatic carbocycles. The largest absolute Gasteiger partial charge is 0.449 e. The molecule has 1 amide bonds. The number of nitrogens with zero attached hydrogens (tertiary/aromatic N) is 1. The third-order valence-corrected chi connectivity index (χ3v) is 6.48. The Labute approximate surface area is 166 Å². The van der Waals surface area contributed by atoms with E-state index in [1.165, 1.54) is 41.6 Å². The van der Waals surface area contributed by atoms with Gasteiger partial charge in [0.15, 0.2) is 6.10 Å². The molecule has 1 fully saturated rings. The number of nitrogens with one attached hydrogen (secondary N) is 1. The SMILES string of the molecule is C=CCNC(=O)C(C)OC(=O)c1ccc(S(=O)(=O)N2CC(C)CC(C)C2)cc1. The van der Waals surface area contributed by atoms with Crippen LogP contribution >= 0.6 is 0 Å². The Morgan fingerprint density at radius 2 is 1.82 bits per heavy atom. The van der Waals surface area contributed by atoms with Crippen molar-refractivity contribution < 1.29 is 22.7 Å². The van der Waals surface area contributed by atoms with Crippen LogP contribution in [0.1, 0.15) is 37.6 Å². The summed E-state index contributed by atoms with van der Waals surface area (Å²) in [6.45, 7) is 10.3. The molecule has 28 heavy (non-hydrogen) atoms. The van der Waals surface area contributed by atoms with Crippen LogP contribution < -0.4 is 5.32 Å². The number of carbonyl (C=O) groups excluding carboxylic acids is 2. The van der Waals surface area contributed by atoms with E-state index in [0.29, 0.717) is 24.9 Å². The van der Waals surface area contributed by atoms with Gasteiger partial charge < -0.3 is 10.1 Å². The van der Waals surface area contributed by atoms with Gasteiger partial charge in [0.2, 0.25) is 10.0 Å². The summed E-state index contributed by atoms with van der Waals surface area (Å²) in [6.07, 6.45) is 1.57. The third-order valence-electron chi connectivity index (χ3n) is 4.64. The fraction of sp³-hybridized carbons (Fsp3) is 0.500. The first kappa shape index (κ1) is 22.1. The highest BCUT2D eigenvalue weighted by Gasteiger charge is 2.31. The highest BCUT2D eigenvalue weighted by molar-refractivity contribution is 7.89. The molecule has 0 spiro atoms. The lowest BCUT2D eigenvalue weighted by atomic mass is 9.94. The smallest absolute Gasteiger partial charge is 0.338 e. The molecule has 8 heteroatoms. The lowest BCUT2D eigenvalue weighted by molar-refractivity contribution is -0.128. The zero-order valence-corrected chi connectivity index (χ0v) is 17.4. The van der Waals surface area contributed by atoms with Crippen molar-refractivity contribution in [1.29, 1.82) is 0 Å². The minimum Gasteiger partial charge on any atom is -0.449 e. The topological polar surface area (TPSA) is 92.8 Å². The molecule has 2 rings (SSSR count). The number of esters is 1. The summed E-state index contributed by atoms with van der Waals surface area (Å²) in [5.74, 6) is -0.505. The maximum Gasteiger partial charge on any atom is 0.338 e. The van der Waals surface area contributed by atoms with E-state index in [1.807, 2.05) is 13.8 Å². The summed E-state index contributed by atoms with van der Waals surface area (Å²) in [5, 5.41) is 2.54. The number of hydrogen-bond donors (Lipinski definition) is 1. The Balaban J connectivity index is 2.07. The lowest BCUT2D eigenvalue weighted by Gasteiger charge is -2.34. The van der Waals surface area contributed by atoms with Gasteiger partial charge in [0, 0.05) is 19.6 Å². The van der Waals surface area contributed by atoms with E-state index in [0.717, 1.165) is 6.42 Å². The van der Waals surface area contributed by atoms with Crippen LogP contribution in [0.3, 0.4) is 0 Å². The average molecular weight is 409 g/mol. The first-order valence-electron chi connectivity index (χ1n) is 9.35. The van der Waals surface area contributed by atoms with Crippen LogP contribution in [0.25, 0.3) is 0 Å². The molecule has 1 aliphatic rings. The molecule has 3 unspecified atom stereocenters. The average Bonchev–Trinajstić information content (AvgIpc) is 2.65. The monoisotopic (exact) mass is 408 g/mol. The Kier molecular flexibility index (Phi) is 7.37. The predicted octanol–water partition coefficient (Wildman–Crippen LogP) is 2.20. The molecule has 1 aromatic carbocycles. The van der Waals surface area contributed by atoms with E-state index in [2.05, 4.69) is 11.9 Å². The standard InChI is InChI=1S/C20H28N2O5S/c1-5-10-21-19(23)16(4)27-20(24)17-6-8-18(9-7-17)28(25,26)22-12-14(2)11-15(3)13-22/h5-9,14-16H,1,10-13H2,2-4H3,(H,21,23). The minimum absolute atomic E-state index is 0.141. The van der Waals surface area contributed by atoms with E-state index in [1.54, 1.807) is 0 Å². The number of ether oxygens (including phenoxy) is 1. The van der Waals surface area contributed by atoms with Crippen molar-refractivity contribution in [2.24, 2.45) is 11.8 Å². The summed E-state index contributed by atoms with van der Waals surface area (Å²) < 4.78 is 32.4. The van der Waals surface area contributed by atoms with Crippen LogP contribution in [0.5, 0.6) is 0 Å². The first-order valence-corrected chi connectivity index (χ1v) is 10.8. The summed E-state index contributed by atoms with van der Waals surface area (Å²) in [5.41, 5.74) is 0.183. The second kappa shape index (κ2) is 9.34. The van der Waals surface area contributed by atoms with Gasteiger partial charge in [0.05, 0.1) is 10.5 Å². The Bertz CT molecular complexity index is 810. The van der Waals surface area contributed by atoms with Gasteiger partial charge in [-0.25, -0.2) is 13.2 Å². The van der Waals surface area contributed by atoms with Crippen LogP contribution in [0.2, 0.25) is 0 Å². The van der Waals surface area contributed by atoms with Gasteiger partial charge in [0.25, 0.3) is 5.91 Å². The van der Waals surface area contributed by atoms with Crippen molar-refractivity contribution in [1.82, 2.24) is 9.62 Å².